The normalized spacial score (nSPS) is 10.1. The first-order valence-corrected chi connectivity index (χ1v) is 7.73. The van der Waals surface area contributed by atoms with Gasteiger partial charge in [-0.25, -0.2) is 4.98 Å². The number of rotatable bonds is 4. The maximum absolute atomic E-state index is 12.1. The van der Waals surface area contributed by atoms with Crippen LogP contribution in [0.1, 0.15) is 20.4 Å². The van der Waals surface area contributed by atoms with Crippen LogP contribution in [0.3, 0.4) is 0 Å². The van der Waals surface area contributed by atoms with Gasteiger partial charge in [0, 0.05) is 23.8 Å². The van der Waals surface area contributed by atoms with Crippen LogP contribution >= 0.6 is 51.0 Å². The van der Waals surface area contributed by atoms with E-state index in [9.17, 15) is 4.79 Å². The molecule has 104 valence electrons. The summed E-state index contributed by atoms with van der Waals surface area (Å²) in [6.07, 6.45) is 0. The number of carbonyl (C=O) groups is 1. The lowest BCUT2D eigenvalue weighted by molar-refractivity contribution is 0.0781. The zero-order chi connectivity index (χ0) is 13.1. The average molecular weight is 383 g/mol. The quantitative estimate of drug-likeness (QED) is 0.884. The van der Waals surface area contributed by atoms with Crippen molar-refractivity contribution in [2.24, 2.45) is 5.73 Å². The molecular weight excluding hydrogens is 370 g/mol. The number of halogens is 2. The molecule has 2 aromatic heterocycles. The molecule has 0 bridgehead atoms. The summed E-state index contributed by atoms with van der Waals surface area (Å²) in [7, 11) is 1.78. The molecule has 19 heavy (non-hydrogen) atoms. The molecule has 4 nitrogen and oxygen atoms in total. The van der Waals surface area contributed by atoms with E-state index in [2.05, 4.69) is 20.9 Å². The van der Waals surface area contributed by atoms with Crippen LogP contribution in [0.25, 0.3) is 0 Å². The number of nitrogens with zero attached hydrogens (tertiary/aromatic N) is 2. The fourth-order valence-electron chi connectivity index (χ4n) is 1.44. The Balaban J connectivity index is 0.00000180. The van der Waals surface area contributed by atoms with E-state index in [1.165, 1.54) is 11.3 Å². The number of aromatic nitrogens is 1. The minimum Gasteiger partial charge on any atom is -0.335 e. The summed E-state index contributed by atoms with van der Waals surface area (Å²) in [5.74, 6) is -0.0736. The van der Waals surface area contributed by atoms with E-state index in [1.54, 1.807) is 28.7 Å². The zero-order valence-electron chi connectivity index (χ0n) is 10.1. The summed E-state index contributed by atoms with van der Waals surface area (Å²) in [5.41, 5.74) is 5.96. The van der Waals surface area contributed by atoms with Crippen LogP contribution in [0.4, 0.5) is 0 Å². The number of carbonyl (C=O) groups excluding carboxylic acids is 1. The third-order valence-electron chi connectivity index (χ3n) is 2.31. The predicted molar refractivity (Wildman–Crippen MR) is 85.1 cm³/mol. The van der Waals surface area contributed by atoms with Gasteiger partial charge in [0.15, 0.2) is 0 Å². The van der Waals surface area contributed by atoms with E-state index in [1.807, 2.05) is 12.1 Å². The second-order valence-electron chi connectivity index (χ2n) is 3.70. The maximum atomic E-state index is 12.1. The average Bonchev–Trinajstić information content (AvgIpc) is 2.97. The summed E-state index contributed by atoms with van der Waals surface area (Å²) in [6.45, 7) is 0.962. The Labute approximate surface area is 134 Å². The van der Waals surface area contributed by atoms with Crippen molar-refractivity contribution in [3.8, 4) is 0 Å². The third-order valence-corrected chi connectivity index (χ3v) is 4.79. The second-order valence-corrected chi connectivity index (χ2v) is 7.19. The minimum absolute atomic E-state index is 0. The van der Waals surface area contributed by atoms with Crippen LogP contribution in [-0.2, 0) is 13.1 Å². The van der Waals surface area contributed by atoms with Crippen molar-refractivity contribution in [2.45, 2.75) is 13.1 Å². The smallest absolute Gasteiger partial charge is 0.273 e. The van der Waals surface area contributed by atoms with Crippen molar-refractivity contribution < 1.29 is 4.79 Å². The second kappa shape index (κ2) is 7.35. The Hall–Kier alpha value is -0.470. The fraction of sp³-hybridized carbons (Fsp3) is 0.273. The van der Waals surface area contributed by atoms with Gasteiger partial charge in [0.2, 0.25) is 0 Å². The van der Waals surface area contributed by atoms with E-state index in [0.29, 0.717) is 18.8 Å². The number of thiophene rings is 1. The molecule has 2 heterocycles. The van der Waals surface area contributed by atoms with Gasteiger partial charge in [-0.1, -0.05) is 0 Å². The van der Waals surface area contributed by atoms with Gasteiger partial charge in [-0.2, -0.15) is 0 Å². The Morgan fingerprint density at radius 2 is 2.26 bits per heavy atom. The van der Waals surface area contributed by atoms with Crippen LogP contribution in [0.5, 0.6) is 0 Å². The van der Waals surface area contributed by atoms with Crippen LogP contribution < -0.4 is 5.73 Å². The molecule has 2 rings (SSSR count). The predicted octanol–water partition coefficient (Wildman–Crippen LogP) is 3.12. The van der Waals surface area contributed by atoms with Gasteiger partial charge in [-0.05, 0) is 28.1 Å². The SMILES string of the molecule is CN(Cc1ccc(Br)s1)C(=O)c1csc(CN)n1.Cl. The maximum Gasteiger partial charge on any atom is 0.273 e. The molecule has 0 aliphatic rings. The minimum atomic E-state index is -0.0736. The lowest BCUT2D eigenvalue weighted by Crippen LogP contribution is -2.26. The summed E-state index contributed by atoms with van der Waals surface area (Å²) in [6, 6.07) is 3.98. The van der Waals surface area contributed by atoms with Crippen LogP contribution in [0.15, 0.2) is 21.3 Å². The molecule has 0 saturated heterocycles. The largest absolute Gasteiger partial charge is 0.335 e. The van der Waals surface area contributed by atoms with Crippen molar-refractivity contribution >= 4 is 56.9 Å². The number of hydrogen-bond acceptors (Lipinski definition) is 5. The number of amides is 1. The molecule has 0 aliphatic heterocycles. The highest BCUT2D eigenvalue weighted by molar-refractivity contribution is 9.11. The van der Waals surface area contributed by atoms with Gasteiger partial charge in [0.25, 0.3) is 5.91 Å². The lowest BCUT2D eigenvalue weighted by Gasteiger charge is -2.14. The van der Waals surface area contributed by atoms with Gasteiger partial charge < -0.3 is 10.6 Å². The Morgan fingerprint density at radius 1 is 1.53 bits per heavy atom. The molecule has 0 spiro atoms. The van der Waals surface area contributed by atoms with E-state index in [0.717, 1.165) is 13.7 Å². The van der Waals surface area contributed by atoms with Crippen LogP contribution in [-0.4, -0.2) is 22.8 Å². The first-order chi connectivity index (χ1) is 8.60. The zero-order valence-corrected chi connectivity index (χ0v) is 14.2. The highest BCUT2D eigenvalue weighted by atomic mass is 79.9. The van der Waals surface area contributed by atoms with Crippen molar-refractivity contribution in [1.82, 2.24) is 9.88 Å². The van der Waals surface area contributed by atoms with Crippen LogP contribution in [0.2, 0.25) is 0 Å². The third kappa shape index (κ3) is 4.25. The highest BCUT2D eigenvalue weighted by Crippen LogP contribution is 2.23. The number of thiazole rings is 1. The van der Waals surface area contributed by atoms with E-state index in [-0.39, 0.29) is 18.3 Å². The molecule has 0 atom stereocenters. The van der Waals surface area contributed by atoms with Gasteiger partial charge in [0.05, 0.1) is 10.3 Å². The molecule has 0 aliphatic carbocycles. The molecule has 0 saturated carbocycles. The topological polar surface area (TPSA) is 59.2 Å². The van der Waals surface area contributed by atoms with E-state index < -0.39 is 0 Å². The number of hydrogen-bond donors (Lipinski definition) is 1. The molecule has 2 N–H and O–H groups in total. The monoisotopic (exact) mass is 381 g/mol. The summed E-state index contributed by atoms with van der Waals surface area (Å²) >= 11 is 6.45. The molecular formula is C11H13BrClN3OS2. The molecule has 8 heteroatoms. The summed E-state index contributed by atoms with van der Waals surface area (Å²) < 4.78 is 1.07. The van der Waals surface area contributed by atoms with Gasteiger partial charge in [-0.15, -0.1) is 35.1 Å². The Kier molecular flexibility index (Phi) is 6.41. The first-order valence-electron chi connectivity index (χ1n) is 5.24. The Morgan fingerprint density at radius 3 is 2.79 bits per heavy atom. The molecule has 0 radical (unpaired) electrons. The van der Waals surface area contributed by atoms with Crippen molar-refractivity contribution in [2.75, 3.05) is 7.05 Å². The Bertz CT molecular complexity index is 558. The lowest BCUT2D eigenvalue weighted by atomic mass is 10.4. The van der Waals surface area contributed by atoms with Gasteiger partial charge in [-0.3, -0.25) is 4.79 Å². The van der Waals surface area contributed by atoms with Gasteiger partial charge in [0.1, 0.15) is 10.7 Å². The molecule has 2 aromatic rings. The summed E-state index contributed by atoms with van der Waals surface area (Å²) in [4.78, 5) is 19.1. The van der Waals surface area contributed by atoms with Crippen molar-refractivity contribution in [3.63, 3.8) is 0 Å². The van der Waals surface area contributed by atoms with Crippen LogP contribution in [0, 0.1) is 0 Å². The number of nitrogens with two attached hydrogens (primary N) is 1. The molecule has 1 amide bonds. The molecule has 0 aromatic carbocycles. The standard InChI is InChI=1S/C11H12BrN3OS2.ClH/c1-15(5-7-2-3-9(12)18-7)11(16)8-6-17-10(4-13)14-8;/h2-3,6H,4-5,13H2,1H3;1H. The van der Waals surface area contributed by atoms with E-state index in [4.69, 9.17) is 5.73 Å². The fourth-order valence-corrected chi connectivity index (χ4v) is 3.63. The molecule has 0 unspecified atom stereocenters. The first kappa shape index (κ1) is 16.6. The summed E-state index contributed by atoms with van der Waals surface area (Å²) in [5, 5.41) is 2.54. The molecule has 0 fully saturated rings. The highest BCUT2D eigenvalue weighted by Gasteiger charge is 2.15. The van der Waals surface area contributed by atoms with Gasteiger partial charge >= 0.3 is 0 Å². The van der Waals surface area contributed by atoms with E-state index >= 15 is 0 Å². The van der Waals surface area contributed by atoms with Crippen molar-refractivity contribution in [3.05, 3.63) is 36.9 Å². The van der Waals surface area contributed by atoms with Crippen molar-refractivity contribution in [1.29, 1.82) is 0 Å².